The molecule has 3 aliphatic rings. The largest absolute Gasteiger partial charge is 0.382 e. The summed E-state index contributed by atoms with van der Waals surface area (Å²) in [7, 11) is 0. The van der Waals surface area contributed by atoms with Gasteiger partial charge in [0.15, 0.2) is 5.66 Å². The smallest absolute Gasteiger partial charge is 0.184 e. The second kappa shape index (κ2) is 6.39. The summed E-state index contributed by atoms with van der Waals surface area (Å²) >= 11 is 0. The van der Waals surface area contributed by atoms with Crippen LogP contribution in [0.15, 0.2) is 28.2 Å². The van der Waals surface area contributed by atoms with Crippen LogP contribution in [-0.4, -0.2) is 17.2 Å². The number of nitriles is 1. The van der Waals surface area contributed by atoms with Gasteiger partial charge >= 0.3 is 0 Å². The van der Waals surface area contributed by atoms with Gasteiger partial charge in [0, 0.05) is 17.4 Å². The highest BCUT2D eigenvalue weighted by molar-refractivity contribution is 6.42. The summed E-state index contributed by atoms with van der Waals surface area (Å²) in [5.74, 6) is 2.05. The number of fused-ring (bicyclic) bond motifs is 3. The number of hydrogen-bond donors (Lipinski definition) is 1. The zero-order chi connectivity index (χ0) is 21.2. The van der Waals surface area contributed by atoms with E-state index in [0.717, 1.165) is 24.8 Å². The van der Waals surface area contributed by atoms with E-state index in [1.165, 1.54) is 5.56 Å². The quantitative estimate of drug-likeness (QED) is 0.774. The summed E-state index contributed by atoms with van der Waals surface area (Å²) in [6.45, 7) is 10.1. The molecule has 1 fully saturated rings. The zero-order valence-corrected chi connectivity index (χ0v) is 18.1. The summed E-state index contributed by atoms with van der Waals surface area (Å²) in [6.07, 6.45) is 3.03. The van der Waals surface area contributed by atoms with Crippen molar-refractivity contribution in [1.29, 1.82) is 5.26 Å². The van der Waals surface area contributed by atoms with Crippen LogP contribution in [-0.2, 0) is 12.1 Å². The maximum Gasteiger partial charge on any atom is 0.184 e. The van der Waals surface area contributed by atoms with Crippen molar-refractivity contribution in [1.82, 2.24) is 0 Å². The number of alkyl halides is 1. The Labute approximate surface area is 173 Å². The van der Waals surface area contributed by atoms with E-state index >= 15 is 0 Å². The lowest BCUT2D eigenvalue weighted by Crippen LogP contribution is -2.47. The molecule has 0 amide bonds. The molecule has 0 saturated heterocycles. The monoisotopic (exact) mass is 394 g/mol. The molecular weight excluding hydrogens is 363 g/mol. The predicted molar refractivity (Wildman–Crippen MR) is 115 cm³/mol. The molecule has 154 valence electrons. The van der Waals surface area contributed by atoms with Crippen molar-refractivity contribution in [2.45, 2.75) is 71.6 Å². The fourth-order valence-electron chi connectivity index (χ4n) is 5.98. The van der Waals surface area contributed by atoms with Crippen molar-refractivity contribution in [3.05, 3.63) is 34.9 Å². The Balaban J connectivity index is 1.92. The molecule has 2 aliphatic carbocycles. The van der Waals surface area contributed by atoms with Gasteiger partial charge in [0.05, 0.1) is 17.3 Å². The number of nitrogens with zero attached hydrogens (tertiary/aromatic N) is 3. The lowest BCUT2D eigenvalue weighted by atomic mass is 9.57. The summed E-state index contributed by atoms with van der Waals surface area (Å²) in [6, 6.07) is 8.11. The summed E-state index contributed by atoms with van der Waals surface area (Å²) in [5.41, 5.74) is 7.27. The third kappa shape index (κ3) is 2.99. The Morgan fingerprint density at radius 2 is 1.86 bits per heavy atom. The first-order valence-corrected chi connectivity index (χ1v) is 10.7. The molecule has 0 aromatic heterocycles. The average Bonchev–Trinajstić information content (AvgIpc) is 3.07. The number of aliphatic imine (C=N–C) groups is 2. The second-order valence-corrected chi connectivity index (χ2v) is 10.3. The van der Waals surface area contributed by atoms with E-state index in [0.29, 0.717) is 34.9 Å². The molecule has 1 aliphatic heterocycles. The number of benzene rings is 1. The minimum absolute atomic E-state index is 0.148. The van der Waals surface area contributed by atoms with Crippen LogP contribution >= 0.6 is 0 Å². The van der Waals surface area contributed by atoms with Crippen LogP contribution in [0.2, 0.25) is 0 Å². The minimum atomic E-state index is -1.41. The van der Waals surface area contributed by atoms with Crippen LogP contribution < -0.4 is 5.73 Å². The number of hydrogen-bond acceptors (Lipinski definition) is 4. The highest BCUT2D eigenvalue weighted by Crippen LogP contribution is 2.64. The van der Waals surface area contributed by atoms with Gasteiger partial charge in [-0.25, -0.2) is 9.38 Å². The molecule has 0 unspecified atom stereocenters. The molecule has 29 heavy (non-hydrogen) atoms. The average molecular weight is 395 g/mol. The number of rotatable bonds is 2. The van der Waals surface area contributed by atoms with Crippen LogP contribution in [0.4, 0.5) is 4.39 Å². The van der Waals surface area contributed by atoms with Gasteiger partial charge in [0.25, 0.3) is 0 Å². The molecule has 1 aromatic rings. The first-order chi connectivity index (χ1) is 13.5. The summed E-state index contributed by atoms with van der Waals surface area (Å²) < 4.78 is 14.5. The van der Waals surface area contributed by atoms with E-state index in [4.69, 9.17) is 15.7 Å². The van der Waals surface area contributed by atoms with Gasteiger partial charge in [-0.15, -0.1) is 0 Å². The van der Waals surface area contributed by atoms with Gasteiger partial charge in [-0.1, -0.05) is 26.8 Å². The molecule has 0 radical (unpaired) electrons. The van der Waals surface area contributed by atoms with Crippen LogP contribution in [0.1, 0.15) is 70.6 Å². The maximum absolute atomic E-state index is 14.5. The third-order valence-corrected chi connectivity index (χ3v) is 7.57. The normalized spacial score (nSPS) is 36.1. The van der Waals surface area contributed by atoms with Crippen molar-refractivity contribution in [2.75, 3.05) is 0 Å². The first kappa shape index (κ1) is 20.1. The number of amidine groups is 1. The molecule has 0 bridgehead atoms. The molecule has 5 atom stereocenters. The van der Waals surface area contributed by atoms with Crippen molar-refractivity contribution >= 4 is 11.5 Å². The Morgan fingerprint density at radius 1 is 1.21 bits per heavy atom. The maximum atomic E-state index is 14.5. The molecule has 4 rings (SSSR count). The number of halogens is 1. The third-order valence-electron chi connectivity index (χ3n) is 7.57. The molecular formula is C24H31FN4. The van der Waals surface area contributed by atoms with Crippen molar-refractivity contribution in [2.24, 2.45) is 38.9 Å². The first-order valence-electron chi connectivity index (χ1n) is 10.7. The van der Waals surface area contributed by atoms with E-state index in [2.05, 4.69) is 32.9 Å². The molecule has 1 saturated carbocycles. The van der Waals surface area contributed by atoms with E-state index in [1.807, 2.05) is 12.1 Å². The Bertz CT molecular complexity index is 937. The fraction of sp³-hybridized carbons (Fsp3) is 0.625. The van der Waals surface area contributed by atoms with Gasteiger partial charge in [-0.2, -0.15) is 5.26 Å². The van der Waals surface area contributed by atoms with Crippen LogP contribution in [0.3, 0.4) is 0 Å². The van der Waals surface area contributed by atoms with Crippen molar-refractivity contribution in [3.63, 3.8) is 0 Å². The number of nitrogens with two attached hydrogens (primary N) is 1. The molecule has 5 heteroatoms. The highest BCUT2D eigenvalue weighted by atomic mass is 19.1. The molecule has 1 aromatic carbocycles. The lowest BCUT2D eigenvalue weighted by Gasteiger charge is -2.49. The fourth-order valence-corrected chi connectivity index (χ4v) is 5.98. The highest BCUT2D eigenvalue weighted by Gasteiger charge is 2.62. The van der Waals surface area contributed by atoms with Gasteiger partial charge in [0.1, 0.15) is 11.5 Å². The topological polar surface area (TPSA) is 74.5 Å². The lowest BCUT2D eigenvalue weighted by molar-refractivity contribution is 0.00543. The van der Waals surface area contributed by atoms with E-state index < -0.39 is 11.3 Å². The Hall–Kier alpha value is -2.22. The van der Waals surface area contributed by atoms with Crippen molar-refractivity contribution < 1.29 is 4.39 Å². The van der Waals surface area contributed by atoms with Gasteiger partial charge in [-0.05, 0) is 68.6 Å². The summed E-state index contributed by atoms with van der Waals surface area (Å²) in [5, 5.41) is 9.48. The van der Waals surface area contributed by atoms with E-state index in [1.54, 1.807) is 13.8 Å². The SMILES string of the molecule is C[C@H]1[C@H](C)C[C@@]2(Cc3ccc(C#N)cc3[C@]23N=C(N)C(CC(C)(C)F)=N3)C[C@@H]1C. The Morgan fingerprint density at radius 3 is 2.45 bits per heavy atom. The molecule has 1 heterocycles. The second-order valence-electron chi connectivity index (χ2n) is 10.3. The minimum Gasteiger partial charge on any atom is -0.382 e. The Kier molecular flexibility index (Phi) is 4.42. The van der Waals surface area contributed by atoms with E-state index in [-0.39, 0.29) is 11.8 Å². The van der Waals surface area contributed by atoms with Crippen LogP contribution in [0.25, 0.3) is 0 Å². The standard InChI is InChI=1S/C24H31FN4/c1-14-9-23(10-15(2)16(14)3)11-18-7-6-17(13-26)8-19(18)24(23)28-20(21(27)29-24)12-22(4,5)25/h6-8,14-16H,9-12H2,1-5H3,(H2,27,29)/t14-,15+,16+,23+,24-/m0/s1. The van der Waals surface area contributed by atoms with Gasteiger partial charge in [-0.3, -0.25) is 4.99 Å². The van der Waals surface area contributed by atoms with Gasteiger partial charge < -0.3 is 5.73 Å². The molecule has 2 spiro atoms. The predicted octanol–water partition coefficient (Wildman–Crippen LogP) is 4.91. The van der Waals surface area contributed by atoms with Crippen LogP contribution in [0.5, 0.6) is 0 Å². The molecule has 4 nitrogen and oxygen atoms in total. The molecule has 2 N–H and O–H groups in total. The van der Waals surface area contributed by atoms with Crippen molar-refractivity contribution in [3.8, 4) is 6.07 Å². The van der Waals surface area contributed by atoms with E-state index in [9.17, 15) is 9.65 Å². The van der Waals surface area contributed by atoms with Crippen LogP contribution in [0, 0.1) is 34.5 Å². The van der Waals surface area contributed by atoms with Gasteiger partial charge in [0.2, 0.25) is 0 Å². The summed E-state index contributed by atoms with van der Waals surface area (Å²) in [4.78, 5) is 10.1. The zero-order valence-electron chi connectivity index (χ0n) is 18.1.